The van der Waals surface area contributed by atoms with E-state index < -0.39 is 9.84 Å². The number of aromatic nitrogens is 2. The molecule has 1 fully saturated rings. The summed E-state index contributed by atoms with van der Waals surface area (Å²) >= 11 is 0. The van der Waals surface area contributed by atoms with Gasteiger partial charge < -0.3 is 10.3 Å². The number of rotatable bonds is 1. The Labute approximate surface area is 101 Å². The third-order valence-electron chi connectivity index (χ3n) is 3.57. The highest BCUT2D eigenvalue weighted by molar-refractivity contribution is 7.91. The summed E-state index contributed by atoms with van der Waals surface area (Å²) in [6.45, 7) is 1.78. The molecule has 1 atom stereocenters. The number of hydrogen-bond donors (Lipinski definition) is 2. The Balaban J connectivity index is 1.86. The first-order chi connectivity index (χ1) is 8.14. The van der Waals surface area contributed by atoms with Crippen LogP contribution in [0.25, 0.3) is 0 Å². The fourth-order valence-electron chi connectivity index (χ4n) is 2.67. The molecule has 1 aromatic rings. The smallest absolute Gasteiger partial charge is 0.151 e. The van der Waals surface area contributed by atoms with Crippen LogP contribution in [0.1, 0.15) is 36.0 Å². The quantitative estimate of drug-likeness (QED) is 0.759. The van der Waals surface area contributed by atoms with Crippen LogP contribution in [-0.2, 0) is 22.8 Å². The first kappa shape index (κ1) is 11.2. The molecule has 0 amide bonds. The van der Waals surface area contributed by atoms with Crippen molar-refractivity contribution in [3.63, 3.8) is 0 Å². The van der Waals surface area contributed by atoms with Crippen molar-refractivity contribution in [2.75, 3.05) is 18.1 Å². The average Bonchev–Trinajstić information content (AvgIpc) is 2.71. The van der Waals surface area contributed by atoms with Gasteiger partial charge in [-0.15, -0.1) is 0 Å². The van der Waals surface area contributed by atoms with Gasteiger partial charge in [0, 0.05) is 25.4 Å². The average molecular weight is 255 g/mol. The third-order valence-corrected chi connectivity index (χ3v) is 5.39. The molecular formula is C11H17N3O2S. The van der Waals surface area contributed by atoms with Crippen molar-refractivity contribution >= 4 is 9.84 Å². The highest BCUT2D eigenvalue weighted by Crippen LogP contribution is 2.27. The Bertz CT molecular complexity index is 497. The SMILES string of the molecule is O=S1(=O)CCCC(c2nc3c([nH]2)CNCC3)C1. The van der Waals surface area contributed by atoms with Gasteiger partial charge in [0.05, 0.1) is 22.9 Å². The van der Waals surface area contributed by atoms with Crippen molar-refractivity contribution in [3.8, 4) is 0 Å². The van der Waals surface area contributed by atoms with E-state index in [2.05, 4.69) is 15.3 Å². The summed E-state index contributed by atoms with van der Waals surface area (Å²) in [5, 5.41) is 3.28. The van der Waals surface area contributed by atoms with Crippen LogP contribution in [0.5, 0.6) is 0 Å². The molecule has 0 aliphatic carbocycles. The van der Waals surface area contributed by atoms with E-state index >= 15 is 0 Å². The molecule has 17 heavy (non-hydrogen) atoms. The number of H-pyrrole nitrogens is 1. The normalized spacial score (nSPS) is 27.6. The first-order valence-electron chi connectivity index (χ1n) is 6.13. The van der Waals surface area contributed by atoms with Gasteiger partial charge in [-0.3, -0.25) is 0 Å². The molecule has 0 radical (unpaired) electrons. The molecule has 94 valence electrons. The zero-order valence-electron chi connectivity index (χ0n) is 9.70. The first-order valence-corrected chi connectivity index (χ1v) is 7.95. The standard InChI is InChI=1S/C11H17N3O2S/c15-17(16)5-1-2-8(7-17)11-13-9-3-4-12-6-10(9)14-11/h8,12H,1-7H2,(H,13,14). The maximum Gasteiger partial charge on any atom is 0.151 e. The van der Waals surface area contributed by atoms with Crippen molar-refractivity contribution in [2.45, 2.75) is 31.7 Å². The third kappa shape index (κ3) is 2.24. The number of imidazole rings is 1. The minimum Gasteiger partial charge on any atom is -0.344 e. The highest BCUT2D eigenvalue weighted by Gasteiger charge is 2.29. The fraction of sp³-hybridized carbons (Fsp3) is 0.727. The number of fused-ring (bicyclic) bond motifs is 1. The van der Waals surface area contributed by atoms with Gasteiger partial charge in [-0.2, -0.15) is 0 Å². The second-order valence-electron chi connectivity index (χ2n) is 4.93. The summed E-state index contributed by atoms with van der Waals surface area (Å²) in [5.41, 5.74) is 2.25. The largest absolute Gasteiger partial charge is 0.344 e. The number of sulfone groups is 1. The van der Waals surface area contributed by atoms with Gasteiger partial charge in [0.15, 0.2) is 9.84 Å². The zero-order valence-corrected chi connectivity index (χ0v) is 10.5. The number of nitrogens with zero attached hydrogens (tertiary/aromatic N) is 1. The molecule has 2 aliphatic heterocycles. The van der Waals surface area contributed by atoms with Crippen LogP contribution in [-0.4, -0.2) is 36.4 Å². The monoisotopic (exact) mass is 255 g/mol. The summed E-state index contributed by atoms with van der Waals surface area (Å²) < 4.78 is 23.2. The zero-order chi connectivity index (χ0) is 11.9. The fourth-order valence-corrected chi connectivity index (χ4v) is 4.38. The molecule has 0 bridgehead atoms. The van der Waals surface area contributed by atoms with E-state index in [0.29, 0.717) is 5.75 Å². The molecule has 1 aromatic heterocycles. The molecule has 6 heteroatoms. The van der Waals surface area contributed by atoms with E-state index in [-0.39, 0.29) is 11.7 Å². The summed E-state index contributed by atoms with van der Waals surface area (Å²) in [5.74, 6) is 1.54. The lowest BCUT2D eigenvalue weighted by molar-refractivity contribution is 0.545. The molecule has 1 unspecified atom stereocenters. The van der Waals surface area contributed by atoms with Gasteiger partial charge >= 0.3 is 0 Å². The van der Waals surface area contributed by atoms with Crippen LogP contribution in [0.2, 0.25) is 0 Å². The molecule has 0 aromatic carbocycles. The van der Waals surface area contributed by atoms with Crippen LogP contribution in [0.4, 0.5) is 0 Å². The maximum atomic E-state index is 11.6. The van der Waals surface area contributed by atoms with Gasteiger partial charge in [-0.1, -0.05) is 0 Å². The molecular weight excluding hydrogens is 238 g/mol. The maximum absolute atomic E-state index is 11.6. The van der Waals surface area contributed by atoms with Crippen molar-refractivity contribution in [1.29, 1.82) is 0 Å². The van der Waals surface area contributed by atoms with E-state index in [1.54, 1.807) is 0 Å². The second-order valence-corrected chi connectivity index (χ2v) is 7.16. The Morgan fingerprint density at radius 3 is 3.00 bits per heavy atom. The summed E-state index contributed by atoms with van der Waals surface area (Å²) in [4.78, 5) is 7.88. The summed E-state index contributed by atoms with van der Waals surface area (Å²) in [6, 6.07) is 0. The van der Waals surface area contributed by atoms with Gasteiger partial charge in [0.25, 0.3) is 0 Å². The predicted molar refractivity (Wildman–Crippen MR) is 64.6 cm³/mol. The Morgan fingerprint density at radius 2 is 2.24 bits per heavy atom. The topological polar surface area (TPSA) is 74.8 Å². The van der Waals surface area contributed by atoms with Crippen LogP contribution in [0.3, 0.4) is 0 Å². The molecule has 5 nitrogen and oxygen atoms in total. The van der Waals surface area contributed by atoms with Crippen molar-refractivity contribution in [3.05, 3.63) is 17.2 Å². The second kappa shape index (κ2) is 4.10. The van der Waals surface area contributed by atoms with E-state index in [4.69, 9.17) is 0 Å². The molecule has 2 N–H and O–H groups in total. The molecule has 0 saturated carbocycles. The van der Waals surface area contributed by atoms with Gasteiger partial charge in [-0.25, -0.2) is 13.4 Å². The van der Waals surface area contributed by atoms with Crippen molar-refractivity contribution in [2.24, 2.45) is 0 Å². The van der Waals surface area contributed by atoms with Gasteiger partial charge in [0.2, 0.25) is 0 Å². The van der Waals surface area contributed by atoms with E-state index in [1.807, 2.05) is 0 Å². The number of hydrogen-bond acceptors (Lipinski definition) is 4. The van der Waals surface area contributed by atoms with Crippen LogP contribution >= 0.6 is 0 Å². The number of nitrogens with one attached hydrogen (secondary N) is 2. The van der Waals surface area contributed by atoms with E-state index in [1.165, 1.54) is 0 Å². The van der Waals surface area contributed by atoms with E-state index in [0.717, 1.165) is 49.6 Å². The highest BCUT2D eigenvalue weighted by atomic mass is 32.2. The minimum atomic E-state index is -2.86. The van der Waals surface area contributed by atoms with Crippen molar-refractivity contribution < 1.29 is 8.42 Å². The van der Waals surface area contributed by atoms with Crippen molar-refractivity contribution in [1.82, 2.24) is 15.3 Å². The molecule has 3 rings (SSSR count). The molecule has 1 saturated heterocycles. The summed E-state index contributed by atoms with van der Waals surface area (Å²) in [6.07, 6.45) is 2.63. The predicted octanol–water partition coefficient (Wildman–Crippen LogP) is 0.348. The number of aromatic amines is 1. The molecule has 0 spiro atoms. The Morgan fingerprint density at radius 1 is 1.35 bits per heavy atom. The lowest BCUT2D eigenvalue weighted by atomic mass is 10.1. The van der Waals surface area contributed by atoms with E-state index in [9.17, 15) is 8.42 Å². The van der Waals surface area contributed by atoms with Gasteiger partial charge in [0.1, 0.15) is 5.82 Å². The Kier molecular flexibility index (Phi) is 2.71. The Hall–Kier alpha value is -0.880. The minimum absolute atomic E-state index is 0.0688. The van der Waals surface area contributed by atoms with Crippen LogP contribution in [0.15, 0.2) is 0 Å². The lowest BCUT2D eigenvalue weighted by Crippen LogP contribution is -2.24. The molecule has 2 aliphatic rings. The summed E-state index contributed by atoms with van der Waals surface area (Å²) in [7, 11) is -2.86. The van der Waals surface area contributed by atoms with Crippen LogP contribution in [0, 0.1) is 0 Å². The van der Waals surface area contributed by atoms with Crippen LogP contribution < -0.4 is 5.32 Å². The lowest BCUT2D eigenvalue weighted by Gasteiger charge is -2.19. The van der Waals surface area contributed by atoms with Gasteiger partial charge in [-0.05, 0) is 12.8 Å². The molecule has 3 heterocycles.